The van der Waals surface area contributed by atoms with Crippen molar-refractivity contribution in [3.8, 4) is 5.75 Å². The molecule has 2 atom stereocenters. The van der Waals surface area contributed by atoms with Crippen LogP contribution in [0.4, 0.5) is 0 Å². The number of halogens is 1. The second kappa shape index (κ2) is 9.06. The predicted octanol–water partition coefficient (Wildman–Crippen LogP) is 1.29. The van der Waals surface area contributed by atoms with E-state index in [1.54, 1.807) is 4.90 Å². The summed E-state index contributed by atoms with van der Waals surface area (Å²) in [6.45, 7) is 2.57. The van der Waals surface area contributed by atoms with Crippen molar-refractivity contribution in [1.29, 1.82) is 0 Å². The molecule has 2 fully saturated rings. The minimum absolute atomic E-state index is 0. The van der Waals surface area contributed by atoms with Crippen LogP contribution < -0.4 is 10.5 Å². The summed E-state index contributed by atoms with van der Waals surface area (Å²) < 4.78 is 5.53. The molecule has 0 spiro atoms. The van der Waals surface area contributed by atoms with Crippen molar-refractivity contribution in [2.24, 2.45) is 11.7 Å². The molecule has 6 nitrogen and oxygen atoms in total. The molecule has 2 aliphatic rings. The number of hydrogen-bond donors (Lipinski definition) is 1. The maximum absolute atomic E-state index is 12.6. The molecule has 2 N–H and O–H groups in total. The van der Waals surface area contributed by atoms with E-state index in [4.69, 9.17) is 10.5 Å². The molecule has 25 heavy (non-hydrogen) atoms. The van der Waals surface area contributed by atoms with Crippen LogP contribution in [0.5, 0.6) is 5.75 Å². The quantitative estimate of drug-likeness (QED) is 0.870. The number of hydrogen-bond acceptors (Lipinski definition) is 4. The summed E-state index contributed by atoms with van der Waals surface area (Å²) in [4.78, 5) is 28.6. The number of nitrogens with zero attached hydrogens (tertiary/aromatic N) is 2. The molecule has 2 amide bonds. The molecule has 1 aromatic rings. The van der Waals surface area contributed by atoms with E-state index in [0.717, 1.165) is 25.8 Å². The molecule has 0 bridgehead atoms. The molecule has 1 aromatic carbocycles. The van der Waals surface area contributed by atoms with Crippen molar-refractivity contribution in [2.75, 3.05) is 32.8 Å². The average molecular weight is 368 g/mol. The van der Waals surface area contributed by atoms with Crippen LogP contribution in [-0.2, 0) is 9.59 Å². The standard InChI is InChI=1S/C18H25N3O3.ClH/c19-15-8-10-21(12-15)18(23)14-5-4-9-20(11-14)17(22)13-24-16-6-2-1-3-7-16;/h1-3,6-7,14-15H,4-5,8-13,19H2;1H/t14?,15-;/m1./s1. The van der Waals surface area contributed by atoms with E-state index in [-0.39, 0.29) is 42.8 Å². The Morgan fingerprint density at radius 1 is 1.08 bits per heavy atom. The van der Waals surface area contributed by atoms with Crippen LogP contribution in [0.15, 0.2) is 30.3 Å². The molecule has 0 radical (unpaired) electrons. The number of amides is 2. The molecule has 7 heteroatoms. The van der Waals surface area contributed by atoms with Crippen molar-refractivity contribution in [3.63, 3.8) is 0 Å². The summed E-state index contributed by atoms with van der Waals surface area (Å²) >= 11 is 0. The third-order valence-corrected chi connectivity index (χ3v) is 4.77. The second-order valence-electron chi connectivity index (χ2n) is 6.61. The molecule has 0 aliphatic carbocycles. The Morgan fingerprint density at radius 2 is 1.84 bits per heavy atom. The highest BCUT2D eigenvalue weighted by Gasteiger charge is 2.33. The van der Waals surface area contributed by atoms with Gasteiger partial charge in [-0.3, -0.25) is 9.59 Å². The molecule has 1 unspecified atom stereocenters. The first-order chi connectivity index (χ1) is 11.6. The largest absolute Gasteiger partial charge is 0.484 e. The molecule has 0 aromatic heterocycles. The number of ether oxygens (including phenoxy) is 1. The fraction of sp³-hybridized carbons (Fsp3) is 0.556. The topological polar surface area (TPSA) is 75.9 Å². The van der Waals surface area contributed by atoms with Crippen LogP contribution in [0.25, 0.3) is 0 Å². The molecule has 2 saturated heterocycles. The number of carbonyl (C=O) groups excluding carboxylic acids is 2. The van der Waals surface area contributed by atoms with Crippen molar-refractivity contribution in [2.45, 2.75) is 25.3 Å². The molecule has 3 rings (SSSR count). The third kappa shape index (κ3) is 5.09. The van der Waals surface area contributed by atoms with E-state index in [2.05, 4.69) is 0 Å². The summed E-state index contributed by atoms with van der Waals surface area (Å²) in [5.74, 6) is 0.658. The Hall–Kier alpha value is -1.79. The van der Waals surface area contributed by atoms with Crippen molar-refractivity contribution >= 4 is 24.2 Å². The highest BCUT2D eigenvalue weighted by molar-refractivity contribution is 5.85. The van der Waals surface area contributed by atoms with Crippen LogP contribution in [0.1, 0.15) is 19.3 Å². The Labute approximate surface area is 154 Å². The summed E-state index contributed by atoms with van der Waals surface area (Å²) in [6.07, 6.45) is 2.56. The number of para-hydroxylation sites is 1. The lowest BCUT2D eigenvalue weighted by molar-refractivity contribution is -0.141. The average Bonchev–Trinajstić information content (AvgIpc) is 3.06. The van der Waals surface area contributed by atoms with Gasteiger partial charge < -0.3 is 20.3 Å². The first kappa shape index (κ1) is 19.5. The lowest BCUT2D eigenvalue weighted by Gasteiger charge is -2.34. The lowest BCUT2D eigenvalue weighted by atomic mass is 9.96. The zero-order chi connectivity index (χ0) is 16.9. The highest BCUT2D eigenvalue weighted by atomic mass is 35.5. The lowest BCUT2D eigenvalue weighted by Crippen LogP contribution is -2.47. The van der Waals surface area contributed by atoms with Gasteiger partial charge in [0.2, 0.25) is 5.91 Å². The molecular weight excluding hydrogens is 342 g/mol. The number of nitrogens with two attached hydrogens (primary N) is 1. The van der Waals surface area contributed by atoms with Gasteiger partial charge in [-0.25, -0.2) is 0 Å². The van der Waals surface area contributed by atoms with E-state index in [1.807, 2.05) is 35.2 Å². The minimum atomic E-state index is -0.107. The Kier molecular flexibility index (Phi) is 7.08. The fourth-order valence-corrected chi connectivity index (χ4v) is 3.40. The summed E-state index contributed by atoms with van der Waals surface area (Å²) in [5, 5.41) is 0. The van der Waals surface area contributed by atoms with Gasteiger partial charge in [-0.2, -0.15) is 0 Å². The van der Waals surface area contributed by atoms with E-state index in [0.29, 0.717) is 25.4 Å². The maximum Gasteiger partial charge on any atom is 0.260 e. The van der Waals surface area contributed by atoms with Gasteiger partial charge in [0.05, 0.1) is 5.92 Å². The normalized spacial score (nSPS) is 23.1. The maximum atomic E-state index is 12.6. The van der Waals surface area contributed by atoms with Crippen molar-refractivity contribution in [1.82, 2.24) is 9.80 Å². The van der Waals surface area contributed by atoms with Crippen LogP contribution in [0, 0.1) is 5.92 Å². The van der Waals surface area contributed by atoms with E-state index < -0.39 is 0 Å². The van der Waals surface area contributed by atoms with E-state index in [9.17, 15) is 9.59 Å². The Morgan fingerprint density at radius 3 is 2.52 bits per heavy atom. The van der Waals surface area contributed by atoms with Gasteiger partial charge in [0.1, 0.15) is 5.75 Å². The fourth-order valence-electron chi connectivity index (χ4n) is 3.40. The summed E-state index contributed by atoms with van der Waals surface area (Å²) in [6, 6.07) is 9.39. The van der Waals surface area contributed by atoms with Gasteiger partial charge >= 0.3 is 0 Å². The molecule has 138 valence electrons. The van der Waals surface area contributed by atoms with E-state index >= 15 is 0 Å². The summed E-state index contributed by atoms with van der Waals surface area (Å²) in [5.41, 5.74) is 5.89. The van der Waals surface area contributed by atoms with Crippen molar-refractivity contribution in [3.05, 3.63) is 30.3 Å². The molecular formula is C18H26ClN3O3. The SMILES string of the molecule is Cl.N[C@@H]1CCN(C(=O)C2CCCN(C(=O)COc3ccccc3)C2)C1. The number of rotatable bonds is 4. The zero-order valence-corrected chi connectivity index (χ0v) is 15.1. The van der Waals surface area contributed by atoms with Gasteiger partial charge in [0, 0.05) is 32.2 Å². The molecule has 2 aliphatic heterocycles. The predicted molar refractivity (Wildman–Crippen MR) is 97.7 cm³/mol. The smallest absolute Gasteiger partial charge is 0.260 e. The minimum Gasteiger partial charge on any atom is -0.484 e. The first-order valence-electron chi connectivity index (χ1n) is 8.63. The van der Waals surface area contributed by atoms with Crippen LogP contribution >= 0.6 is 12.4 Å². The molecule has 2 heterocycles. The zero-order valence-electron chi connectivity index (χ0n) is 14.3. The van der Waals surface area contributed by atoms with Gasteiger partial charge in [0.25, 0.3) is 5.91 Å². The monoisotopic (exact) mass is 367 g/mol. The Bertz CT molecular complexity index is 584. The third-order valence-electron chi connectivity index (χ3n) is 4.77. The van der Waals surface area contributed by atoms with Gasteiger partial charge in [-0.1, -0.05) is 18.2 Å². The van der Waals surface area contributed by atoms with E-state index in [1.165, 1.54) is 0 Å². The number of benzene rings is 1. The molecule has 0 saturated carbocycles. The van der Waals surface area contributed by atoms with Gasteiger partial charge in [-0.15, -0.1) is 12.4 Å². The van der Waals surface area contributed by atoms with Crippen LogP contribution in [0.2, 0.25) is 0 Å². The number of carbonyl (C=O) groups is 2. The van der Waals surface area contributed by atoms with Crippen LogP contribution in [0.3, 0.4) is 0 Å². The number of likely N-dealkylation sites (tertiary alicyclic amines) is 2. The van der Waals surface area contributed by atoms with Gasteiger partial charge in [-0.05, 0) is 31.4 Å². The van der Waals surface area contributed by atoms with Gasteiger partial charge in [0.15, 0.2) is 6.61 Å². The van der Waals surface area contributed by atoms with Crippen LogP contribution in [-0.4, -0.2) is 60.4 Å². The second-order valence-corrected chi connectivity index (χ2v) is 6.61. The highest BCUT2D eigenvalue weighted by Crippen LogP contribution is 2.21. The van der Waals surface area contributed by atoms with Crippen molar-refractivity contribution < 1.29 is 14.3 Å². The Balaban J connectivity index is 0.00000225. The number of piperidine rings is 1. The first-order valence-corrected chi connectivity index (χ1v) is 8.63. The summed E-state index contributed by atoms with van der Waals surface area (Å²) in [7, 11) is 0.